The summed E-state index contributed by atoms with van der Waals surface area (Å²) in [6, 6.07) is 7.98. The second-order valence-corrected chi connectivity index (χ2v) is 6.21. The fourth-order valence-electron chi connectivity index (χ4n) is 2.14. The van der Waals surface area contributed by atoms with Gasteiger partial charge >= 0.3 is 0 Å². The molecule has 5 heteroatoms. The van der Waals surface area contributed by atoms with Gasteiger partial charge in [-0.05, 0) is 35.1 Å². The van der Waals surface area contributed by atoms with Crippen molar-refractivity contribution in [3.63, 3.8) is 0 Å². The van der Waals surface area contributed by atoms with E-state index in [1.165, 1.54) is 6.34 Å². The van der Waals surface area contributed by atoms with Crippen molar-refractivity contribution in [1.82, 2.24) is 0 Å². The molecule has 0 saturated heterocycles. The SMILES string of the molecule is CC1=C(c2ccc(Br)cc2)C2C(=O)N=CN=C2S1. The van der Waals surface area contributed by atoms with Crippen LogP contribution in [0.5, 0.6) is 0 Å². The molecular formula is C13H9BrN2OS. The highest BCUT2D eigenvalue weighted by molar-refractivity contribution is 9.10. The van der Waals surface area contributed by atoms with Crippen molar-refractivity contribution in [2.45, 2.75) is 6.92 Å². The Hall–Kier alpha value is -1.20. The van der Waals surface area contributed by atoms with E-state index in [1.807, 2.05) is 31.2 Å². The van der Waals surface area contributed by atoms with Gasteiger partial charge in [0.05, 0.1) is 5.04 Å². The van der Waals surface area contributed by atoms with Gasteiger partial charge in [-0.1, -0.05) is 39.8 Å². The first-order valence-electron chi connectivity index (χ1n) is 5.45. The van der Waals surface area contributed by atoms with Crippen molar-refractivity contribution >= 4 is 50.6 Å². The van der Waals surface area contributed by atoms with E-state index in [2.05, 4.69) is 25.9 Å². The second kappa shape index (κ2) is 4.48. The third-order valence-corrected chi connectivity index (χ3v) is 4.55. The zero-order chi connectivity index (χ0) is 12.7. The van der Waals surface area contributed by atoms with Gasteiger partial charge in [0, 0.05) is 4.47 Å². The Morgan fingerprint density at radius 2 is 2.00 bits per heavy atom. The number of amides is 1. The molecule has 0 N–H and O–H groups in total. The van der Waals surface area contributed by atoms with E-state index in [0.717, 1.165) is 25.6 Å². The highest BCUT2D eigenvalue weighted by Crippen LogP contribution is 2.45. The number of nitrogens with zero attached hydrogens (tertiary/aromatic N) is 2. The lowest BCUT2D eigenvalue weighted by molar-refractivity contribution is -0.118. The maximum Gasteiger partial charge on any atom is 0.261 e. The van der Waals surface area contributed by atoms with Crippen LogP contribution in [0.4, 0.5) is 0 Å². The second-order valence-electron chi connectivity index (χ2n) is 4.06. The van der Waals surface area contributed by atoms with Gasteiger partial charge in [0.1, 0.15) is 12.3 Å². The average Bonchev–Trinajstić information content (AvgIpc) is 2.68. The molecule has 3 nitrogen and oxygen atoms in total. The fraction of sp³-hybridized carbons (Fsp3) is 0.154. The summed E-state index contributed by atoms with van der Waals surface area (Å²) in [5.41, 5.74) is 2.09. The summed E-state index contributed by atoms with van der Waals surface area (Å²) in [7, 11) is 0. The molecule has 0 aromatic heterocycles. The summed E-state index contributed by atoms with van der Waals surface area (Å²) >= 11 is 4.98. The van der Waals surface area contributed by atoms with E-state index in [9.17, 15) is 4.79 Å². The van der Waals surface area contributed by atoms with Gasteiger partial charge in [-0.3, -0.25) is 4.79 Å². The van der Waals surface area contributed by atoms with Crippen molar-refractivity contribution < 1.29 is 4.79 Å². The molecule has 18 heavy (non-hydrogen) atoms. The van der Waals surface area contributed by atoms with Gasteiger partial charge in [-0.15, -0.1) is 0 Å². The van der Waals surface area contributed by atoms with Crippen LogP contribution in [-0.4, -0.2) is 17.3 Å². The van der Waals surface area contributed by atoms with Crippen LogP contribution in [0.2, 0.25) is 0 Å². The number of hydrogen-bond donors (Lipinski definition) is 0. The molecule has 0 bridgehead atoms. The van der Waals surface area contributed by atoms with Crippen LogP contribution >= 0.6 is 27.7 Å². The molecule has 0 spiro atoms. The lowest BCUT2D eigenvalue weighted by Crippen LogP contribution is -2.21. The van der Waals surface area contributed by atoms with Crippen molar-refractivity contribution in [1.29, 1.82) is 0 Å². The van der Waals surface area contributed by atoms with Crippen LogP contribution in [0, 0.1) is 5.92 Å². The van der Waals surface area contributed by atoms with Crippen LogP contribution in [0.3, 0.4) is 0 Å². The van der Waals surface area contributed by atoms with Crippen molar-refractivity contribution in [3.05, 3.63) is 39.2 Å². The molecule has 2 aliphatic rings. The minimum Gasteiger partial charge on any atom is -0.271 e. The predicted molar refractivity (Wildman–Crippen MR) is 78.8 cm³/mol. The maximum absolute atomic E-state index is 11.9. The van der Waals surface area contributed by atoms with E-state index >= 15 is 0 Å². The van der Waals surface area contributed by atoms with Crippen molar-refractivity contribution in [3.8, 4) is 0 Å². The van der Waals surface area contributed by atoms with Crippen molar-refractivity contribution in [2.24, 2.45) is 15.9 Å². The predicted octanol–water partition coefficient (Wildman–Crippen LogP) is 3.51. The number of halogens is 1. The number of hydrogen-bond acceptors (Lipinski definition) is 3. The molecule has 1 atom stereocenters. The first-order chi connectivity index (χ1) is 8.66. The zero-order valence-corrected chi connectivity index (χ0v) is 12.0. The number of benzene rings is 1. The Balaban J connectivity index is 2.08. The standard InChI is InChI=1S/C13H9BrN2OS/c1-7-10(8-2-4-9(14)5-3-8)11-12(17)15-6-16-13(11)18-7/h2-6,11H,1H3. The maximum atomic E-state index is 11.9. The Bertz CT molecular complexity index is 616. The largest absolute Gasteiger partial charge is 0.271 e. The highest BCUT2D eigenvalue weighted by atomic mass is 79.9. The number of aliphatic imine (C=N–C) groups is 2. The van der Waals surface area contributed by atoms with Gasteiger partial charge in [-0.2, -0.15) is 0 Å². The molecule has 0 saturated carbocycles. The number of carbonyl (C=O) groups excluding carboxylic acids is 1. The third kappa shape index (κ3) is 1.87. The van der Waals surface area contributed by atoms with Gasteiger partial charge in [0.15, 0.2) is 0 Å². The van der Waals surface area contributed by atoms with Crippen LogP contribution in [0.15, 0.2) is 43.6 Å². The highest BCUT2D eigenvalue weighted by Gasteiger charge is 2.37. The summed E-state index contributed by atoms with van der Waals surface area (Å²) in [4.78, 5) is 21.1. The molecule has 0 radical (unpaired) electrons. The van der Waals surface area contributed by atoms with E-state index in [-0.39, 0.29) is 11.8 Å². The summed E-state index contributed by atoms with van der Waals surface area (Å²) in [6.45, 7) is 2.02. The van der Waals surface area contributed by atoms with Crippen molar-refractivity contribution in [2.75, 3.05) is 0 Å². The van der Waals surface area contributed by atoms with Crippen LogP contribution < -0.4 is 0 Å². The quantitative estimate of drug-likeness (QED) is 0.794. The fourth-order valence-corrected chi connectivity index (χ4v) is 3.50. The zero-order valence-electron chi connectivity index (χ0n) is 9.55. The Kier molecular flexibility index (Phi) is 2.95. The average molecular weight is 321 g/mol. The van der Waals surface area contributed by atoms with Gasteiger partial charge in [0.25, 0.3) is 5.91 Å². The Morgan fingerprint density at radius 3 is 2.72 bits per heavy atom. The van der Waals surface area contributed by atoms with Crippen LogP contribution in [0.25, 0.3) is 5.57 Å². The Morgan fingerprint density at radius 1 is 1.28 bits per heavy atom. The lowest BCUT2D eigenvalue weighted by atomic mass is 9.92. The molecular weight excluding hydrogens is 312 g/mol. The first-order valence-corrected chi connectivity index (χ1v) is 7.06. The third-order valence-electron chi connectivity index (χ3n) is 2.94. The number of carbonyl (C=O) groups is 1. The number of allylic oxidation sites excluding steroid dienone is 1. The van der Waals surface area contributed by atoms with Gasteiger partial charge in [-0.25, -0.2) is 9.98 Å². The van der Waals surface area contributed by atoms with Gasteiger partial charge in [0.2, 0.25) is 0 Å². The summed E-state index contributed by atoms with van der Waals surface area (Å²) in [5.74, 6) is -0.427. The molecule has 1 amide bonds. The topological polar surface area (TPSA) is 41.8 Å². The summed E-state index contributed by atoms with van der Waals surface area (Å²) < 4.78 is 1.03. The van der Waals surface area contributed by atoms with E-state index in [4.69, 9.17) is 0 Å². The monoisotopic (exact) mass is 320 g/mol. The summed E-state index contributed by atoms with van der Waals surface area (Å²) in [5, 5.41) is 0.838. The number of fused-ring (bicyclic) bond motifs is 1. The molecule has 3 rings (SSSR count). The molecule has 2 heterocycles. The van der Waals surface area contributed by atoms with E-state index < -0.39 is 0 Å². The Labute approximate surface area is 117 Å². The minimum absolute atomic E-state index is 0.123. The number of rotatable bonds is 1. The molecule has 2 aliphatic heterocycles. The minimum atomic E-state index is -0.304. The smallest absolute Gasteiger partial charge is 0.261 e. The molecule has 1 aromatic carbocycles. The van der Waals surface area contributed by atoms with Crippen LogP contribution in [0.1, 0.15) is 12.5 Å². The van der Waals surface area contributed by atoms with E-state index in [1.54, 1.807) is 11.8 Å². The molecule has 1 aromatic rings. The first kappa shape index (κ1) is 11.9. The molecule has 0 aliphatic carbocycles. The van der Waals surface area contributed by atoms with E-state index in [0.29, 0.717) is 0 Å². The lowest BCUT2D eigenvalue weighted by Gasteiger charge is -2.14. The molecule has 0 fully saturated rings. The van der Waals surface area contributed by atoms with Crippen LogP contribution in [-0.2, 0) is 4.79 Å². The normalized spacial score (nSPS) is 22.2. The molecule has 90 valence electrons. The number of thioether (sulfide) groups is 1. The van der Waals surface area contributed by atoms with Gasteiger partial charge < -0.3 is 0 Å². The molecule has 1 unspecified atom stereocenters. The summed E-state index contributed by atoms with van der Waals surface area (Å²) in [6.07, 6.45) is 1.35.